The Morgan fingerprint density at radius 1 is 1.08 bits per heavy atom. The predicted octanol–water partition coefficient (Wildman–Crippen LogP) is 4.99. The number of carbonyl (C=O) groups is 1. The van der Waals surface area contributed by atoms with Crippen LogP contribution in [0.15, 0.2) is 67.0 Å². The van der Waals surface area contributed by atoms with Crippen LogP contribution in [-0.2, 0) is 13.2 Å². The Morgan fingerprint density at radius 3 is 2.62 bits per heavy atom. The molecule has 0 bridgehead atoms. The van der Waals surface area contributed by atoms with Crippen molar-refractivity contribution in [2.75, 3.05) is 18.4 Å². The number of benzene rings is 3. The van der Waals surface area contributed by atoms with Gasteiger partial charge in [-0.15, -0.1) is 0 Å². The van der Waals surface area contributed by atoms with Gasteiger partial charge in [0.25, 0.3) is 5.91 Å². The number of ether oxygens (including phenoxy) is 1. The van der Waals surface area contributed by atoms with E-state index in [-0.39, 0.29) is 11.7 Å². The van der Waals surface area contributed by atoms with Crippen molar-refractivity contribution in [1.82, 2.24) is 14.9 Å². The molecule has 2 heterocycles. The molecule has 1 fully saturated rings. The third-order valence-electron chi connectivity index (χ3n) is 6.40. The molecule has 1 aliphatic rings. The van der Waals surface area contributed by atoms with Crippen molar-refractivity contribution in [3.63, 3.8) is 0 Å². The maximum absolute atomic E-state index is 12.9. The maximum atomic E-state index is 12.9. The SMILES string of the molecule is N=C(N)c1ccc(OCc2ccccc2)c(CNc2ncnc3cc(C(=O)N4CCCC4)c(Cl)cc23)c1. The van der Waals surface area contributed by atoms with Crippen molar-refractivity contribution in [2.24, 2.45) is 5.73 Å². The van der Waals surface area contributed by atoms with Crippen LogP contribution in [-0.4, -0.2) is 39.7 Å². The number of halogens is 1. The van der Waals surface area contributed by atoms with Crippen LogP contribution in [0.1, 0.15) is 39.9 Å². The molecule has 5 rings (SSSR count). The smallest absolute Gasteiger partial charge is 0.255 e. The number of nitrogens with zero attached hydrogens (tertiary/aromatic N) is 3. The molecule has 1 saturated heterocycles. The van der Waals surface area contributed by atoms with Gasteiger partial charge >= 0.3 is 0 Å². The lowest BCUT2D eigenvalue weighted by Crippen LogP contribution is -2.27. The minimum absolute atomic E-state index is 0.0228. The van der Waals surface area contributed by atoms with E-state index < -0.39 is 0 Å². The van der Waals surface area contributed by atoms with Gasteiger partial charge in [0, 0.05) is 36.1 Å². The lowest BCUT2D eigenvalue weighted by Gasteiger charge is -2.17. The maximum Gasteiger partial charge on any atom is 0.255 e. The fourth-order valence-electron chi connectivity index (χ4n) is 4.41. The molecule has 1 aromatic heterocycles. The van der Waals surface area contributed by atoms with Gasteiger partial charge in [0.1, 0.15) is 30.3 Å². The van der Waals surface area contributed by atoms with Crippen molar-refractivity contribution in [1.29, 1.82) is 5.41 Å². The van der Waals surface area contributed by atoms with E-state index in [1.807, 2.05) is 47.4 Å². The minimum atomic E-state index is -0.0706. The molecule has 0 saturated carbocycles. The summed E-state index contributed by atoms with van der Waals surface area (Å²) < 4.78 is 6.10. The summed E-state index contributed by atoms with van der Waals surface area (Å²) in [5, 5.41) is 12.3. The van der Waals surface area contributed by atoms with Gasteiger partial charge in [-0.2, -0.15) is 0 Å². The number of likely N-dealkylation sites (tertiary alicyclic amines) is 1. The largest absolute Gasteiger partial charge is 0.489 e. The summed E-state index contributed by atoms with van der Waals surface area (Å²) in [6.45, 7) is 2.27. The Hall–Kier alpha value is -4.17. The monoisotopic (exact) mass is 514 g/mol. The average Bonchev–Trinajstić information content (AvgIpc) is 3.46. The van der Waals surface area contributed by atoms with Crippen molar-refractivity contribution < 1.29 is 9.53 Å². The summed E-state index contributed by atoms with van der Waals surface area (Å²) in [6.07, 6.45) is 3.48. The molecular formula is C28H27ClN6O2. The highest BCUT2D eigenvalue weighted by atomic mass is 35.5. The second-order valence-corrected chi connectivity index (χ2v) is 9.34. The highest BCUT2D eigenvalue weighted by molar-refractivity contribution is 6.34. The van der Waals surface area contributed by atoms with Crippen molar-refractivity contribution >= 4 is 40.1 Å². The molecule has 4 N–H and O–H groups in total. The lowest BCUT2D eigenvalue weighted by molar-refractivity contribution is 0.0793. The number of nitrogens with two attached hydrogens (primary N) is 1. The first-order valence-corrected chi connectivity index (χ1v) is 12.5. The third-order valence-corrected chi connectivity index (χ3v) is 6.72. The number of rotatable bonds is 8. The van der Waals surface area contributed by atoms with E-state index in [2.05, 4.69) is 15.3 Å². The Morgan fingerprint density at radius 2 is 1.86 bits per heavy atom. The first kappa shape index (κ1) is 24.5. The average molecular weight is 515 g/mol. The van der Waals surface area contributed by atoms with Crippen LogP contribution in [0.25, 0.3) is 10.9 Å². The molecule has 1 aliphatic heterocycles. The Balaban J connectivity index is 1.40. The normalized spacial score (nSPS) is 13.1. The highest BCUT2D eigenvalue weighted by Crippen LogP contribution is 2.30. The van der Waals surface area contributed by atoms with E-state index in [9.17, 15) is 4.79 Å². The molecule has 3 aromatic carbocycles. The standard InChI is InChI=1S/C28H27ClN6O2/c29-23-13-22-24(14-21(23)28(36)35-10-4-5-11-35)33-17-34-27(22)32-15-20-12-19(26(30)31)8-9-25(20)37-16-18-6-2-1-3-7-18/h1-3,6-9,12-14,17H,4-5,10-11,15-16H2,(H3,30,31)(H,32,33,34). The summed E-state index contributed by atoms with van der Waals surface area (Å²) in [6, 6.07) is 18.8. The minimum Gasteiger partial charge on any atom is -0.489 e. The Kier molecular flexibility index (Phi) is 7.18. The number of hydrogen-bond donors (Lipinski definition) is 3. The summed E-state index contributed by atoms with van der Waals surface area (Å²) in [7, 11) is 0. The molecule has 0 unspecified atom stereocenters. The van der Waals surface area contributed by atoms with Crippen molar-refractivity contribution in [2.45, 2.75) is 26.0 Å². The number of amides is 1. The number of nitrogens with one attached hydrogen (secondary N) is 2. The second kappa shape index (κ2) is 10.8. The van der Waals surface area contributed by atoms with Gasteiger partial charge < -0.3 is 20.7 Å². The molecule has 4 aromatic rings. The molecule has 37 heavy (non-hydrogen) atoms. The highest BCUT2D eigenvalue weighted by Gasteiger charge is 2.22. The molecule has 188 valence electrons. The van der Waals surface area contributed by atoms with Crippen LogP contribution in [0, 0.1) is 5.41 Å². The van der Waals surface area contributed by atoms with Crippen LogP contribution in [0.5, 0.6) is 5.75 Å². The van der Waals surface area contributed by atoms with E-state index in [1.165, 1.54) is 6.33 Å². The molecule has 0 aliphatic carbocycles. The van der Waals surface area contributed by atoms with E-state index in [1.54, 1.807) is 18.2 Å². The van der Waals surface area contributed by atoms with Crippen LogP contribution in [0.4, 0.5) is 5.82 Å². The fourth-order valence-corrected chi connectivity index (χ4v) is 4.66. The number of amidine groups is 1. The van der Waals surface area contributed by atoms with Gasteiger partial charge in [0.15, 0.2) is 0 Å². The summed E-state index contributed by atoms with van der Waals surface area (Å²) in [4.78, 5) is 23.5. The van der Waals surface area contributed by atoms with Gasteiger partial charge in [0.05, 0.1) is 16.1 Å². The summed E-state index contributed by atoms with van der Waals surface area (Å²) in [5.74, 6) is 1.16. The number of nitrogen functional groups attached to an aromatic ring is 1. The number of hydrogen-bond acceptors (Lipinski definition) is 6. The molecular weight excluding hydrogens is 488 g/mol. The number of carbonyl (C=O) groups excluding carboxylic acids is 1. The zero-order valence-corrected chi connectivity index (χ0v) is 21.0. The van der Waals surface area contributed by atoms with E-state index in [4.69, 9.17) is 27.5 Å². The van der Waals surface area contributed by atoms with Gasteiger partial charge in [-0.25, -0.2) is 9.97 Å². The zero-order chi connectivity index (χ0) is 25.8. The zero-order valence-electron chi connectivity index (χ0n) is 20.2. The summed E-state index contributed by atoms with van der Waals surface area (Å²) in [5.41, 5.74) is 9.29. The van der Waals surface area contributed by atoms with Crippen LogP contribution >= 0.6 is 11.6 Å². The van der Waals surface area contributed by atoms with E-state index in [0.717, 1.165) is 37.1 Å². The number of aromatic nitrogens is 2. The van der Waals surface area contributed by atoms with Gasteiger partial charge in [-0.1, -0.05) is 41.9 Å². The molecule has 9 heteroatoms. The first-order chi connectivity index (χ1) is 18.0. The number of anilines is 1. The number of fused-ring (bicyclic) bond motifs is 1. The topological polar surface area (TPSA) is 117 Å². The Bertz CT molecular complexity index is 1450. The van der Waals surface area contributed by atoms with Gasteiger partial charge in [0.2, 0.25) is 0 Å². The summed E-state index contributed by atoms with van der Waals surface area (Å²) >= 11 is 6.56. The predicted molar refractivity (Wildman–Crippen MR) is 145 cm³/mol. The van der Waals surface area contributed by atoms with Crippen molar-refractivity contribution in [3.05, 3.63) is 94.3 Å². The van der Waals surface area contributed by atoms with Gasteiger partial charge in [-0.3, -0.25) is 10.2 Å². The lowest BCUT2D eigenvalue weighted by atomic mass is 10.1. The first-order valence-electron chi connectivity index (χ1n) is 12.1. The molecule has 0 spiro atoms. The third kappa shape index (κ3) is 5.49. The quantitative estimate of drug-likeness (QED) is 0.225. The van der Waals surface area contributed by atoms with Crippen LogP contribution < -0.4 is 15.8 Å². The second-order valence-electron chi connectivity index (χ2n) is 8.93. The van der Waals surface area contributed by atoms with E-state index >= 15 is 0 Å². The Labute approximate surface area is 219 Å². The van der Waals surface area contributed by atoms with Gasteiger partial charge in [-0.05, 0) is 48.7 Å². The van der Waals surface area contributed by atoms with E-state index in [0.29, 0.717) is 51.8 Å². The van der Waals surface area contributed by atoms with Crippen LogP contribution in [0.3, 0.4) is 0 Å². The van der Waals surface area contributed by atoms with Crippen LogP contribution in [0.2, 0.25) is 5.02 Å². The molecule has 8 nitrogen and oxygen atoms in total. The molecule has 0 radical (unpaired) electrons. The molecule has 0 atom stereocenters. The van der Waals surface area contributed by atoms with Crippen molar-refractivity contribution in [3.8, 4) is 5.75 Å². The molecule has 1 amide bonds. The fraction of sp³-hybridized carbons (Fsp3) is 0.214.